The number of halogens is 1. The van der Waals surface area contributed by atoms with E-state index in [1.54, 1.807) is 0 Å². The summed E-state index contributed by atoms with van der Waals surface area (Å²) in [5.41, 5.74) is 9.74. The molecule has 128 valence electrons. The first-order chi connectivity index (χ1) is 11.5. The molecule has 1 heterocycles. The summed E-state index contributed by atoms with van der Waals surface area (Å²) >= 11 is 6.52. The lowest BCUT2D eigenvalue weighted by Crippen LogP contribution is -2.45. The summed E-state index contributed by atoms with van der Waals surface area (Å²) in [6.07, 6.45) is 0.432. The highest BCUT2D eigenvalue weighted by Gasteiger charge is 2.23. The van der Waals surface area contributed by atoms with E-state index in [-0.39, 0.29) is 12.2 Å². The summed E-state index contributed by atoms with van der Waals surface area (Å²) in [6.45, 7) is 6.66. The minimum atomic E-state index is 0.216. The van der Waals surface area contributed by atoms with Crippen LogP contribution in [0.2, 0.25) is 5.02 Å². The number of hydrogen-bond acceptors (Lipinski definition) is 4. The molecule has 2 atom stereocenters. The Morgan fingerprint density at radius 2 is 1.79 bits per heavy atom. The SMILES string of the molecule is CC1CN(c2ccc(NCc3ccc(N)cc3)cc2Cl)CC(C)O1. The Morgan fingerprint density at radius 3 is 2.42 bits per heavy atom. The summed E-state index contributed by atoms with van der Waals surface area (Å²) < 4.78 is 5.79. The maximum atomic E-state index is 6.52. The van der Waals surface area contributed by atoms with Gasteiger partial charge in [0.25, 0.3) is 0 Å². The van der Waals surface area contributed by atoms with E-state index in [1.807, 2.05) is 30.3 Å². The average molecular weight is 346 g/mol. The van der Waals surface area contributed by atoms with Crippen molar-refractivity contribution in [2.24, 2.45) is 0 Å². The maximum Gasteiger partial charge on any atom is 0.0726 e. The number of hydrogen-bond donors (Lipinski definition) is 2. The van der Waals surface area contributed by atoms with Gasteiger partial charge in [-0.2, -0.15) is 0 Å². The van der Waals surface area contributed by atoms with E-state index in [1.165, 1.54) is 5.56 Å². The summed E-state index contributed by atoms with van der Waals surface area (Å²) in [5.74, 6) is 0. The number of anilines is 3. The van der Waals surface area contributed by atoms with Crippen molar-refractivity contribution in [1.29, 1.82) is 0 Å². The first-order valence-electron chi connectivity index (χ1n) is 8.29. The molecule has 0 aliphatic carbocycles. The predicted molar refractivity (Wildman–Crippen MR) is 102 cm³/mol. The molecule has 2 aromatic carbocycles. The van der Waals surface area contributed by atoms with Gasteiger partial charge in [0, 0.05) is 31.0 Å². The molecule has 1 fully saturated rings. The molecule has 3 N–H and O–H groups in total. The maximum absolute atomic E-state index is 6.52. The number of nitrogens with one attached hydrogen (secondary N) is 1. The number of nitrogens with zero attached hydrogens (tertiary/aromatic N) is 1. The molecule has 24 heavy (non-hydrogen) atoms. The molecule has 0 spiro atoms. The number of nitrogens with two attached hydrogens (primary N) is 1. The van der Waals surface area contributed by atoms with Crippen molar-refractivity contribution >= 4 is 28.7 Å². The van der Waals surface area contributed by atoms with Crippen LogP contribution in [0, 0.1) is 0 Å². The zero-order chi connectivity index (χ0) is 17.1. The third kappa shape index (κ3) is 4.13. The zero-order valence-corrected chi connectivity index (χ0v) is 14.9. The fourth-order valence-electron chi connectivity index (χ4n) is 3.09. The molecular weight excluding hydrogens is 322 g/mol. The van der Waals surface area contributed by atoms with Gasteiger partial charge in [-0.25, -0.2) is 0 Å². The number of benzene rings is 2. The minimum absolute atomic E-state index is 0.216. The Balaban J connectivity index is 1.67. The topological polar surface area (TPSA) is 50.5 Å². The second-order valence-corrected chi connectivity index (χ2v) is 6.83. The van der Waals surface area contributed by atoms with Crippen LogP contribution in [0.25, 0.3) is 0 Å². The van der Waals surface area contributed by atoms with Crippen LogP contribution in [0.4, 0.5) is 17.1 Å². The Bertz CT molecular complexity index is 680. The van der Waals surface area contributed by atoms with Crippen molar-refractivity contribution in [2.45, 2.75) is 32.6 Å². The van der Waals surface area contributed by atoms with Crippen molar-refractivity contribution in [3.63, 3.8) is 0 Å². The zero-order valence-electron chi connectivity index (χ0n) is 14.1. The van der Waals surface area contributed by atoms with Crippen LogP contribution in [0.3, 0.4) is 0 Å². The first kappa shape index (κ1) is 16.9. The molecule has 5 heteroatoms. The number of morpholine rings is 1. The lowest BCUT2D eigenvalue weighted by molar-refractivity contribution is -0.00520. The monoisotopic (exact) mass is 345 g/mol. The van der Waals surface area contributed by atoms with Crippen molar-refractivity contribution in [1.82, 2.24) is 0 Å². The lowest BCUT2D eigenvalue weighted by atomic mass is 10.1. The van der Waals surface area contributed by atoms with Crippen LogP contribution in [0.1, 0.15) is 19.4 Å². The molecule has 1 aliphatic heterocycles. The van der Waals surface area contributed by atoms with Gasteiger partial charge in [0.2, 0.25) is 0 Å². The van der Waals surface area contributed by atoms with Gasteiger partial charge in [0.1, 0.15) is 0 Å². The van der Waals surface area contributed by atoms with Gasteiger partial charge in [-0.15, -0.1) is 0 Å². The Kier molecular flexibility index (Phi) is 5.17. The summed E-state index contributed by atoms with van der Waals surface area (Å²) in [6, 6.07) is 14.0. The highest BCUT2D eigenvalue weighted by atomic mass is 35.5. The standard InChI is InChI=1S/C19H24ClN3O/c1-13-11-23(12-14(2)24-13)19-8-7-17(9-18(19)20)22-10-15-3-5-16(21)6-4-15/h3-9,13-14,22H,10-12,21H2,1-2H3. The molecule has 0 radical (unpaired) electrons. The average Bonchev–Trinajstić information content (AvgIpc) is 2.53. The predicted octanol–water partition coefficient (Wildman–Crippen LogP) is 4.15. The van der Waals surface area contributed by atoms with Gasteiger partial charge < -0.3 is 20.7 Å². The van der Waals surface area contributed by atoms with Crippen LogP contribution >= 0.6 is 11.6 Å². The molecule has 0 bridgehead atoms. The lowest BCUT2D eigenvalue weighted by Gasteiger charge is -2.37. The second kappa shape index (κ2) is 7.32. The molecule has 1 saturated heterocycles. The summed E-state index contributed by atoms with van der Waals surface area (Å²) in [7, 11) is 0. The van der Waals surface area contributed by atoms with E-state index < -0.39 is 0 Å². The van der Waals surface area contributed by atoms with Crippen molar-refractivity contribution in [3.8, 4) is 0 Å². The summed E-state index contributed by atoms with van der Waals surface area (Å²) in [4.78, 5) is 2.30. The highest BCUT2D eigenvalue weighted by Crippen LogP contribution is 2.31. The van der Waals surface area contributed by atoms with Crippen molar-refractivity contribution in [3.05, 3.63) is 53.1 Å². The Labute approximate surface area is 148 Å². The van der Waals surface area contributed by atoms with Crippen LogP contribution in [0.5, 0.6) is 0 Å². The Hall–Kier alpha value is -1.91. The number of nitrogen functional groups attached to an aromatic ring is 1. The molecule has 4 nitrogen and oxygen atoms in total. The highest BCUT2D eigenvalue weighted by molar-refractivity contribution is 6.33. The fourth-order valence-corrected chi connectivity index (χ4v) is 3.39. The third-order valence-corrected chi connectivity index (χ3v) is 4.49. The van der Waals surface area contributed by atoms with E-state index >= 15 is 0 Å². The molecule has 3 rings (SSSR count). The van der Waals surface area contributed by atoms with E-state index in [2.05, 4.69) is 36.2 Å². The van der Waals surface area contributed by atoms with Crippen LogP contribution in [0.15, 0.2) is 42.5 Å². The quantitative estimate of drug-likeness (QED) is 0.817. The van der Waals surface area contributed by atoms with E-state index in [0.29, 0.717) is 0 Å². The van der Waals surface area contributed by atoms with Crippen LogP contribution in [-0.4, -0.2) is 25.3 Å². The summed E-state index contributed by atoms with van der Waals surface area (Å²) in [5, 5.41) is 4.16. The second-order valence-electron chi connectivity index (χ2n) is 6.42. The van der Waals surface area contributed by atoms with Gasteiger partial charge >= 0.3 is 0 Å². The minimum Gasteiger partial charge on any atom is -0.399 e. The van der Waals surface area contributed by atoms with E-state index in [9.17, 15) is 0 Å². The normalized spacial score (nSPS) is 20.9. The first-order valence-corrected chi connectivity index (χ1v) is 8.67. The molecule has 2 aromatic rings. The Morgan fingerprint density at radius 1 is 1.12 bits per heavy atom. The fraction of sp³-hybridized carbons (Fsp3) is 0.368. The smallest absolute Gasteiger partial charge is 0.0726 e. The van der Waals surface area contributed by atoms with Gasteiger partial charge in [0.05, 0.1) is 22.9 Å². The van der Waals surface area contributed by atoms with Gasteiger partial charge in [-0.3, -0.25) is 0 Å². The van der Waals surface area contributed by atoms with Crippen molar-refractivity contribution < 1.29 is 4.74 Å². The number of ether oxygens (including phenoxy) is 1. The largest absolute Gasteiger partial charge is 0.399 e. The number of rotatable bonds is 4. The molecule has 0 saturated carbocycles. The third-order valence-electron chi connectivity index (χ3n) is 4.18. The molecule has 0 aromatic heterocycles. The molecule has 0 amide bonds. The van der Waals surface area contributed by atoms with Crippen LogP contribution in [-0.2, 0) is 11.3 Å². The van der Waals surface area contributed by atoms with Gasteiger partial charge in [-0.1, -0.05) is 23.7 Å². The van der Waals surface area contributed by atoms with E-state index in [4.69, 9.17) is 22.1 Å². The van der Waals surface area contributed by atoms with Gasteiger partial charge in [-0.05, 0) is 49.7 Å². The molecule has 1 aliphatic rings. The van der Waals surface area contributed by atoms with Gasteiger partial charge in [0.15, 0.2) is 0 Å². The van der Waals surface area contributed by atoms with Crippen molar-refractivity contribution in [2.75, 3.05) is 29.0 Å². The van der Waals surface area contributed by atoms with Crippen LogP contribution < -0.4 is 16.0 Å². The molecule has 2 unspecified atom stereocenters. The van der Waals surface area contributed by atoms with E-state index in [0.717, 1.165) is 41.7 Å². The molecular formula is C19H24ClN3O.